The molecule has 0 aliphatic heterocycles. The lowest BCUT2D eigenvalue weighted by Crippen LogP contribution is -2.38. The van der Waals surface area contributed by atoms with Crippen LogP contribution in [-0.2, 0) is 9.53 Å². The molecule has 0 heterocycles. The van der Waals surface area contributed by atoms with Crippen LogP contribution < -0.4 is 5.32 Å². The average molecular weight is 219 g/mol. The number of carboxylic acids is 1. The van der Waals surface area contributed by atoms with Crippen molar-refractivity contribution in [3.05, 3.63) is 0 Å². The molecule has 2 atom stereocenters. The van der Waals surface area contributed by atoms with E-state index in [4.69, 9.17) is 9.84 Å². The Kier molecular flexibility index (Phi) is 8.27. The van der Waals surface area contributed by atoms with Crippen molar-refractivity contribution in [3.63, 3.8) is 0 Å². The SMILES string of the molecule is CCCC(NCCC(O)COC)C(=O)O. The van der Waals surface area contributed by atoms with Gasteiger partial charge in [0.1, 0.15) is 6.04 Å². The fourth-order valence-electron chi connectivity index (χ4n) is 1.30. The topological polar surface area (TPSA) is 78.8 Å². The molecule has 0 fully saturated rings. The number of nitrogens with one attached hydrogen (secondary N) is 1. The van der Waals surface area contributed by atoms with E-state index in [1.807, 2.05) is 6.92 Å². The lowest BCUT2D eigenvalue weighted by atomic mass is 10.1. The van der Waals surface area contributed by atoms with Gasteiger partial charge in [0.25, 0.3) is 0 Å². The summed E-state index contributed by atoms with van der Waals surface area (Å²) >= 11 is 0. The molecule has 0 aromatic rings. The minimum absolute atomic E-state index is 0.285. The Morgan fingerprint density at radius 1 is 1.47 bits per heavy atom. The molecule has 3 N–H and O–H groups in total. The number of carbonyl (C=O) groups is 1. The number of carboxylic acid groups (broad SMARTS) is 1. The third kappa shape index (κ3) is 7.30. The van der Waals surface area contributed by atoms with Gasteiger partial charge in [0.05, 0.1) is 12.7 Å². The molecular formula is C10H21NO4. The minimum atomic E-state index is -0.835. The predicted molar refractivity (Wildman–Crippen MR) is 56.8 cm³/mol. The van der Waals surface area contributed by atoms with E-state index in [1.165, 1.54) is 7.11 Å². The molecule has 90 valence electrons. The fourth-order valence-corrected chi connectivity index (χ4v) is 1.30. The van der Waals surface area contributed by atoms with E-state index < -0.39 is 18.1 Å². The zero-order valence-electron chi connectivity index (χ0n) is 9.40. The van der Waals surface area contributed by atoms with Crippen LogP contribution in [0, 0.1) is 0 Å². The summed E-state index contributed by atoms with van der Waals surface area (Å²) in [5.41, 5.74) is 0. The molecule has 2 unspecified atom stereocenters. The van der Waals surface area contributed by atoms with Crippen molar-refractivity contribution in [2.75, 3.05) is 20.3 Å². The van der Waals surface area contributed by atoms with E-state index in [1.54, 1.807) is 0 Å². The highest BCUT2D eigenvalue weighted by Gasteiger charge is 2.15. The second-order valence-corrected chi connectivity index (χ2v) is 3.53. The molecule has 5 nitrogen and oxygen atoms in total. The van der Waals surface area contributed by atoms with Gasteiger partial charge in [-0.05, 0) is 19.4 Å². The summed E-state index contributed by atoms with van der Waals surface area (Å²) < 4.78 is 4.76. The van der Waals surface area contributed by atoms with E-state index in [9.17, 15) is 9.90 Å². The van der Waals surface area contributed by atoms with Gasteiger partial charge in [0, 0.05) is 7.11 Å². The van der Waals surface area contributed by atoms with Gasteiger partial charge in [-0.2, -0.15) is 0 Å². The number of hydrogen-bond donors (Lipinski definition) is 3. The summed E-state index contributed by atoms with van der Waals surface area (Å²) in [6.07, 6.45) is 1.40. The molecule has 0 saturated heterocycles. The predicted octanol–water partition coefficient (Wildman–Crippen LogP) is 0.227. The number of ether oxygens (including phenoxy) is 1. The molecule has 0 aliphatic carbocycles. The quantitative estimate of drug-likeness (QED) is 0.517. The smallest absolute Gasteiger partial charge is 0.320 e. The Bertz CT molecular complexity index is 175. The zero-order valence-corrected chi connectivity index (χ0v) is 9.40. The second-order valence-electron chi connectivity index (χ2n) is 3.53. The first-order valence-electron chi connectivity index (χ1n) is 5.25. The van der Waals surface area contributed by atoms with Crippen LogP contribution in [0.5, 0.6) is 0 Å². The summed E-state index contributed by atoms with van der Waals surface area (Å²) in [5, 5.41) is 21.0. The first-order chi connectivity index (χ1) is 7.11. The number of rotatable bonds is 9. The van der Waals surface area contributed by atoms with Crippen molar-refractivity contribution in [1.82, 2.24) is 5.32 Å². The molecule has 0 aromatic heterocycles. The molecule has 0 aromatic carbocycles. The van der Waals surface area contributed by atoms with Gasteiger partial charge < -0.3 is 20.3 Å². The van der Waals surface area contributed by atoms with Crippen LogP contribution in [0.2, 0.25) is 0 Å². The van der Waals surface area contributed by atoms with Gasteiger partial charge in [-0.25, -0.2) is 0 Å². The van der Waals surface area contributed by atoms with Crippen LogP contribution in [0.4, 0.5) is 0 Å². The molecule has 0 saturated carbocycles. The molecule has 0 rings (SSSR count). The van der Waals surface area contributed by atoms with Crippen LogP contribution >= 0.6 is 0 Å². The van der Waals surface area contributed by atoms with Crippen LogP contribution in [-0.4, -0.2) is 48.6 Å². The molecule has 15 heavy (non-hydrogen) atoms. The van der Waals surface area contributed by atoms with Crippen molar-refractivity contribution in [1.29, 1.82) is 0 Å². The Balaban J connectivity index is 3.65. The van der Waals surface area contributed by atoms with Gasteiger partial charge in [-0.15, -0.1) is 0 Å². The lowest BCUT2D eigenvalue weighted by molar-refractivity contribution is -0.139. The first-order valence-corrected chi connectivity index (χ1v) is 5.25. The second kappa shape index (κ2) is 8.64. The van der Waals surface area contributed by atoms with Gasteiger partial charge in [-0.1, -0.05) is 13.3 Å². The monoisotopic (exact) mass is 219 g/mol. The van der Waals surface area contributed by atoms with E-state index in [-0.39, 0.29) is 6.61 Å². The zero-order chi connectivity index (χ0) is 11.7. The molecule has 0 radical (unpaired) electrons. The molecule has 0 aliphatic rings. The van der Waals surface area contributed by atoms with Crippen molar-refractivity contribution in [2.24, 2.45) is 0 Å². The van der Waals surface area contributed by atoms with Gasteiger partial charge >= 0.3 is 5.97 Å². The van der Waals surface area contributed by atoms with Crippen molar-refractivity contribution in [3.8, 4) is 0 Å². The Morgan fingerprint density at radius 2 is 2.13 bits per heavy atom. The van der Waals surface area contributed by atoms with Crippen molar-refractivity contribution in [2.45, 2.75) is 38.3 Å². The fraction of sp³-hybridized carbons (Fsp3) is 0.900. The Labute approximate surface area is 90.4 Å². The third-order valence-corrected chi connectivity index (χ3v) is 2.10. The van der Waals surface area contributed by atoms with Crippen LogP contribution in [0.25, 0.3) is 0 Å². The van der Waals surface area contributed by atoms with Crippen LogP contribution in [0.1, 0.15) is 26.2 Å². The third-order valence-electron chi connectivity index (χ3n) is 2.10. The summed E-state index contributed by atoms with van der Waals surface area (Å²) in [5.74, 6) is -0.835. The Morgan fingerprint density at radius 3 is 2.60 bits per heavy atom. The molecule has 5 heteroatoms. The van der Waals surface area contributed by atoms with E-state index >= 15 is 0 Å². The van der Waals surface area contributed by atoms with Gasteiger partial charge in [0.15, 0.2) is 0 Å². The highest BCUT2D eigenvalue weighted by atomic mass is 16.5. The van der Waals surface area contributed by atoms with Crippen LogP contribution in [0.3, 0.4) is 0 Å². The highest BCUT2D eigenvalue weighted by Crippen LogP contribution is 1.98. The van der Waals surface area contributed by atoms with Gasteiger partial charge in [0.2, 0.25) is 0 Å². The van der Waals surface area contributed by atoms with E-state index in [0.29, 0.717) is 19.4 Å². The summed E-state index contributed by atoms with van der Waals surface area (Å²) in [7, 11) is 1.52. The van der Waals surface area contributed by atoms with Crippen molar-refractivity contribution < 1.29 is 19.7 Å². The largest absolute Gasteiger partial charge is 0.480 e. The minimum Gasteiger partial charge on any atom is -0.480 e. The maximum atomic E-state index is 10.7. The average Bonchev–Trinajstić information content (AvgIpc) is 2.16. The van der Waals surface area contributed by atoms with Crippen molar-refractivity contribution >= 4 is 5.97 Å². The summed E-state index contributed by atoms with van der Waals surface area (Å²) in [6, 6.07) is -0.509. The van der Waals surface area contributed by atoms with E-state index in [0.717, 1.165) is 6.42 Å². The number of hydrogen-bond acceptors (Lipinski definition) is 4. The standard InChI is InChI=1S/C10H21NO4/c1-3-4-9(10(13)14)11-6-5-8(12)7-15-2/h8-9,11-12H,3-7H2,1-2H3,(H,13,14). The number of aliphatic carboxylic acids is 1. The van der Waals surface area contributed by atoms with Gasteiger partial charge in [-0.3, -0.25) is 4.79 Å². The molecular weight excluding hydrogens is 198 g/mol. The number of aliphatic hydroxyl groups is 1. The molecule has 0 amide bonds. The highest BCUT2D eigenvalue weighted by molar-refractivity contribution is 5.73. The summed E-state index contributed by atoms with van der Waals surface area (Å²) in [6.45, 7) is 2.71. The first kappa shape index (κ1) is 14.3. The van der Waals surface area contributed by atoms with Crippen LogP contribution in [0.15, 0.2) is 0 Å². The lowest BCUT2D eigenvalue weighted by Gasteiger charge is -2.15. The van der Waals surface area contributed by atoms with E-state index in [2.05, 4.69) is 5.32 Å². The Hall–Kier alpha value is -0.650. The number of aliphatic hydroxyl groups excluding tert-OH is 1. The molecule has 0 spiro atoms. The molecule has 0 bridgehead atoms. The summed E-state index contributed by atoms with van der Waals surface area (Å²) in [4.78, 5) is 10.7. The maximum Gasteiger partial charge on any atom is 0.320 e. The number of methoxy groups -OCH3 is 1. The normalized spacial score (nSPS) is 14.9. The maximum absolute atomic E-state index is 10.7.